The van der Waals surface area contributed by atoms with Crippen LogP contribution in [0.25, 0.3) is 11.1 Å². The lowest BCUT2D eigenvalue weighted by molar-refractivity contribution is 0.112. The summed E-state index contributed by atoms with van der Waals surface area (Å²) in [5.41, 5.74) is 3.25. The molecule has 2 nitrogen and oxygen atoms in total. The summed E-state index contributed by atoms with van der Waals surface area (Å²) in [5.74, 6) is 0.0426. The van der Waals surface area contributed by atoms with Crippen molar-refractivity contribution < 1.29 is 9.90 Å². The van der Waals surface area contributed by atoms with Gasteiger partial charge in [0, 0.05) is 5.56 Å². The lowest BCUT2D eigenvalue weighted by Gasteiger charge is -2.19. The maximum absolute atomic E-state index is 10.8. The molecule has 0 heterocycles. The van der Waals surface area contributed by atoms with Crippen molar-refractivity contribution in [2.75, 3.05) is 0 Å². The molecule has 2 aromatic rings. The quantitative estimate of drug-likeness (QED) is 0.817. The van der Waals surface area contributed by atoms with Crippen molar-refractivity contribution >= 4 is 6.29 Å². The molecule has 0 amide bonds. The SMILES string of the molecule is CC(C)(C)c1ccc(-c2cccc(C=O)c2O)cc1. The Morgan fingerprint density at radius 2 is 1.63 bits per heavy atom. The van der Waals surface area contributed by atoms with Crippen LogP contribution < -0.4 is 0 Å². The van der Waals surface area contributed by atoms with E-state index >= 15 is 0 Å². The second-order valence-electron chi connectivity index (χ2n) is 5.69. The summed E-state index contributed by atoms with van der Waals surface area (Å²) in [5, 5.41) is 10.0. The Bertz CT molecular complexity index is 590. The molecule has 0 unspecified atom stereocenters. The number of phenols is 1. The normalized spacial score (nSPS) is 11.3. The first-order valence-corrected chi connectivity index (χ1v) is 6.31. The van der Waals surface area contributed by atoms with E-state index in [2.05, 4.69) is 32.9 Å². The maximum Gasteiger partial charge on any atom is 0.153 e. The molecule has 2 rings (SSSR count). The number of benzene rings is 2. The van der Waals surface area contributed by atoms with E-state index in [0.29, 0.717) is 17.4 Å². The van der Waals surface area contributed by atoms with Crippen molar-refractivity contribution in [2.24, 2.45) is 0 Å². The number of para-hydroxylation sites is 1. The van der Waals surface area contributed by atoms with Crippen LogP contribution in [0.4, 0.5) is 0 Å². The van der Waals surface area contributed by atoms with Gasteiger partial charge in [0.2, 0.25) is 0 Å². The minimum absolute atomic E-state index is 0.0426. The van der Waals surface area contributed by atoms with Gasteiger partial charge in [0.1, 0.15) is 5.75 Å². The molecule has 98 valence electrons. The first-order valence-electron chi connectivity index (χ1n) is 6.31. The van der Waals surface area contributed by atoms with Gasteiger partial charge < -0.3 is 5.11 Å². The summed E-state index contributed by atoms with van der Waals surface area (Å²) in [6, 6.07) is 13.3. The van der Waals surface area contributed by atoms with Gasteiger partial charge in [0.05, 0.1) is 5.56 Å². The van der Waals surface area contributed by atoms with E-state index in [9.17, 15) is 9.90 Å². The van der Waals surface area contributed by atoms with Crippen LogP contribution in [-0.2, 0) is 5.41 Å². The molecule has 0 fully saturated rings. The Hall–Kier alpha value is -2.09. The van der Waals surface area contributed by atoms with E-state index in [1.165, 1.54) is 5.56 Å². The largest absolute Gasteiger partial charge is 0.507 e. The van der Waals surface area contributed by atoms with E-state index in [1.807, 2.05) is 18.2 Å². The van der Waals surface area contributed by atoms with Gasteiger partial charge in [0.25, 0.3) is 0 Å². The topological polar surface area (TPSA) is 37.3 Å². The highest BCUT2D eigenvalue weighted by Crippen LogP contribution is 2.32. The third-order valence-electron chi connectivity index (χ3n) is 3.26. The average Bonchev–Trinajstić information content (AvgIpc) is 2.38. The maximum atomic E-state index is 10.8. The fourth-order valence-electron chi connectivity index (χ4n) is 2.04. The molecule has 2 aromatic carbocycles. The number of carbonyl (C=O) groups excluding carboxylic acids is 1. The molecule has 0 saturated heterocycles. The van der Waals surface area contributed by atoms with Crippen molar-refractivity contribution in [1.82, 2.24) is 0 Å². The molecular weight excluding hydrogens is 236 g/mol. The summed E-state index contributed by atoms with van der Waals surface area (Å²) in [6.45, 7) is 6.48. The lowest BCUT2D eigenvalue weighted by Crippen LogP contribution is -2.10. The standard InChI is InChI=1S/C17H18O2/c1-17(2,3)14-9-7-12(8-10-14)15-6-4-5-13(11-18)16(15)19/h4-11,19H,1-3H3. The zero-order chi connectivity index (χ0) is 14.0. The minimum atomic E-state index is 0.0426. The van der Waals surface area contributed by atoms with Gasteiger partial charge in [-0.1, -0.05) is 57.2 Å². The second-order valence-corrected chi connectivity index (χ2v) is 5.69. The highest BCUT2D eigenvalue weighted by Gasteiger charge is 2.14. The van der Waals surface area contributed by atoms with Gasteiger partial charge in [-0.3, -0.25) is 4.79 Å². The summed E-state index contributed by atoms with van der Waals surface area (Å²) < 4.78 is 0. The van der Waals surface area contributed by atoms with Gasteiger partial charge in [-0.15, -0.1) is 0 Å². The third-order valence-corrected chi connectivity index (χ3v) is 3.26. The van der Waals surface area contributed by atoms with Gasteiger partial charge in [-0.05, 0) is 22.6 Å². The molecule has 1 N–H and O–H groups in total. The van der Waals surface area contributed by atoms with Crippen LogP contribution in [0.5, 0.6) is 5.75 Å². The molecule has 2 heteroatoms. The third kappa shape index (κ3) is 2.68. The highest BCUT2D eigenvalue weighted by atomic mass is 16.3. The van der Waals surface area contributed by atoms with Gasteiger partial charge >= 0.3 is 0 Å². The van der Waals surface area contributed by atoms with Crippen LogP contribution >= 0.6 is 0 Å². The van der Waals surface area contributed by atoms with Gasteiger partial charge in [-0.2, -0.15) is 0 Å². The Labute approximate surface area is 113 Å². The summed E-state index contributed by atoms with van der Waals surface area (Å²) >= 11 is 0. The van der Waals surface area contributed by atoms with E-state index in [0.717, 1.165) is 5.56 Å². The van der Waals surface area contributed by atoms with E-state index in [4.69, 9.17) is 0 Å². The van der Waals surface area contributed by atoms with Crippen LogP contribution in [0.15, 0.2) is 42.5 Å². The molecular formula is C17H18O2. The van der Waals surface area contributed by atoms with Gasteiger partial charge in [-0.25, -0.2) is 0 Å². The number of aldehydes is 1. The molecule has 19 heavy (non-hydrogen) atoms. The Balaban J connectivity index is 2.46. The van der Waals surface area contributed by atoms with E-state index < -0.39 is 0 Å². The Morgan fingerprint density at radius 3 is 2.16 bits per heavy atom. The molecule has 0 aliphatic heterocycles. The summed E-state index contributed by atoms with van der Waals surface area (Å²) in [4.78, 5) is 10.8. The number of carbonyl (C=O) groups is 1. The van der Waals surface area contributed by atoms with E-state index in [1.54, 1.807) is 12.1 Å². The van der Waals surface area contributed by atoms with Crippen LogP contribution in [0.1, 0.15) is 36.7 Å². The van der Waals surface area contributed by atoms with Gasteiger partial charge in [0.15, 0.2) is 6.29 Å². The minimum Gasteiger partial charge on any atom is -0.507 e. The average molecular weight is 254 g/mol. The molecule has 0 spiro atoms. The summed E-state index contributed by atoms with van der Waals surface area (Å²) in [7, 11) is 0. The monoisotopic (exact) mass is 254 g/mol. The fourth-order valence-corrected chi connectivity index (χ4v) is 2.04. The second kappa shape index (κ2) is 4.88. The Morgan fingerprint density at radius 1 is 1.00 bits per heavy atom. The van der Waals surface area contributed by atoms with Crippen molar-refractivity contribution in [1.29, 1.82) is 0 Å². The smallest absolute Gasteiger partial charge is 0.153 e. The number of hydrogen-bond donors (Lipinski definition) is 1. The van der Waals surface area contributed by atoms with E-state index in [-0.39, 0.29) is 11.2 Å². The molecule has 0 atom stereocenters. The van der Waals surface area contributed by atoms with Crippen molar-refractivity contribution in [3.63, 3.8) is 0 Å². The molecule has 0 aliphatic rings. The molecule has 0 bridgehead atoms. The number of aromatic hydroxyl groups is 1. The van der Waals surface area contributed by atoms with Crippen LogP contribution in [0.3, 0.4) is 0 Å². The van der Waals surface area contributed by atoms with Crippen LogP contribution in [-0.4, -0.2) is 11.4 Å². The Kier molecular flexibility index (Phi) is 3.43. The summed E-state index contributed by atoms with van der Waals surface area (Å²) in [6.07, 6.45) is 0.669. The van der Waals surface area contributed by atoms with Crippen LogP contribution in [0.2, 0.25) is 0 Å². The first kappa shape index (κ1) is 13.3. The molecule has 0 saturated carbocycles. The number of hydrogen-bond acceptors (Lipinski definition) is 2. The molecule has 0 aliphatic carbocycles. The number of phenolic OH excluding ortho intramolecular Hbond substituents is 1. The highest BCUT2D eigenvalue weighted by molar-refractivity contribution is 5.85. The van der Waals surface area contributed by atoms with Crippen LogP contribution in [0, 0.1) is 0 Å². The fraction of sp³-hybridized carbons (Fsp3) is 0.235. The molecule has 0 radical (unpaired) electrons. The zero-order valence-corrected chi connectivity index (χ0v) is 11.5. The van der Waals surface area contributed by atoms with Crippen molar-refractivity contribution in [2.45, 2.75) is 26.2 Å². The predicted octanol–water partition coefficient (Wildman–Crippen LogP) is 4.17. The predicted molar refractivity (Wildman–Crippen MR) is 77.6 cm³/mol. The van der Waals surface area contributed by atoms with Crippen molar-refractivity contribution in [3.8, 4) is 16.9 Å². The lowest BCUT2D eigenvalue weighted by atomic mass is 9.86. The molecule has 0 aromatic heterocycles. The van der Waals surface area contributed by atoms with Crippen molar-refractivity contribution in [3.05, 3.63) is 53.6 Å². The zero-order valence-electron chi connectivity index (χ0n) is 11.5. The number of rotatable bonds is 2. The first-order chi connectivity index (χ1) is 8.93.